The van der Waals surface area contributed by atoms with Gasteiger partial charge in [0.1, 0.15) is 17.1 Å². The van der Waals surface area contributed by atoms with Gasteiger partial charge in [0, 0.05) is 38.0 Å². The molecule has 6 rings (SSSR count). The Kier molecular flexibility index (Phi) is 5.80. The smallest absolute Gasteiger partial charge is 0.325 e. The van der Waals surface area contributed by atoms with E-state index in [0.717, 1.165) is 55.4 Å². The second-order valence-corrected chi connectivity index (χ2v) is 10.8. The molecular formula is C27H31FN4O4. The fourth-order valence-corrected chi connectivity index (χ4v) is 6.11. The molecule has 2 aliphatic carbocycles. The van der Waals surface area contributed by atoms with Crippen LogP contribution in [0.1, 0.15) is 65.9 Å². The van der Waals surface area contributed by atoms with Gasteiger partial charge in [-0.1, -0.05) is 17.3 Å². The van der Waals surface area contributed by atoms with Crippen LogP contribution in [0, 0.1) is 17.7 Å². The van der Waals surface area contributed by atoms with Crippen molar-refractivity contribution in [2.75, 3.05) is 19.6 Å². The zero-order valence-electron chi connectivity index (χ0n) is 20.3. The molecule has 190 valence electrons. The number of hydrogen-bond acceptors (Lipinski definition) is 5. The number of imide groups is 1. The lowest BCUT2D eigenvalue weighted by Gasteiger charge is -2.41. The van der Waals surface area contributed by atoms with Crippen LogP contribution in [-0.2, 0) is 24.1 Å². The standard InChI is InChI=1S/C27H31FN4O4/c28-20-9-7-17(8-10-20)15-27(25(34)32(26(35)29-27)16-18-5-6-18)19-11-13-31(14-12-19)24(33)23-21-3-1-2-4-22(21)36-30-23/h7-10,18-19H,1-6,11-16H2,(H,29,35). The molecule has 2 aromatic rings. The number of hydrogen-bond donors (Lipinski definition) is 1. The summed E-state index contributed by atoms with van der Waals surface area (Å²) in [4.78, 5) is 43.2. The van der Waals surface area contributed by atoms with E-state index in [1.807, 2.05) is 0 Å². The SMILES string of the molecule is O=C(c1noc2c1CCCC2)N1CCC(C2(Cc3ccc(F)cc3)NC(=O)N(CC3CC3)C2=O)CC1. The van der Waals surface area contributed by atoms with Gasteiger partial charge in [-0.2, -0.15) is 0 Å². The molecule has 1 atom stereocenters. The number of aryl methyl sites for hydroxylation is 1. The van der Waals surface area contributed by atoms with Crippen molar-refractivity contribution < 1.29 is 23.3 Å². The number of rotatable bonds is 6. The van der Waals surface area contributed by atoms with Gasteiger partial charge in [0.2, 0.25) is 0 Å². The number of urea groups is 1. The van der Waals surface area contributed by atoms with Crippen molar-refractivity contribution in [1.29, 1.82) is 0 Å². The summed E-state index contributed by atoms with van der Waals surface area (Å²) in [6.45, 7) is 1.40. The maximum absolute atomic E-state index is 13.8. The average molecular weight is 495 g/mol. The zero-order chi connectivity index (χ0) is 24.9. The Morgan fingerprint density at radius 3 is 2.53 bits per heavy atom. The maximum atomic E-state index is 13.8. The number of carbonyl (C=O) groups is 3. The van der Waals surface area contributed by atoms with Gasteiger partial charge < -0.3 is 14.7 Å². The van der Waals surface area contributed by atoms with Crippen LogP contribution in [0.15, 0.2) is 28.8 Å². The predicted octanol–water partition coefficient (Wildman–Crippen LogP) is 3.49. The van der Waals surface area contributed by atoms with Gasteiger partial charge in [0.15, 0.2) is 5.69 Å². The monoisotopic (exact) mass is 494 g/mol. The largest absolute Gasteiger partial charge is 0.360 e. The summed E-state index contributed by atoms with van der Waals surface area (Å²) in [7, 11) is 0. The van der Waals surface area contributed by atoms with Crippen molar-refractivity contribution in [3.05, 3.63) is 52.7 Å². The summed E-state index contributed by atoms with van der Waals surface area (Å²) in [5.74, 6) is 0.413. The van der Waals surface area contributed by atoms with E-state index in [4.69, 9.17) is 4.52 Å². The highest BCUT2D eigenvalue weighted by Gasteiger charge is 2.56. The average Bonchev–Trinajstić information content (AvgIpc) is 3.57. The Hall–Kier alpha value is -3.23. The van der Waals surface area contributed by atoms with E-state index in [1.165, 1.54) is 17.0 Å². The molecule has 0 radical (unpaired) electrons. The van der Waals surface area contributed by atoms with Gasteiger partial charge in [-0.3, -0.25) is 14.5 Å². The third-order valence-corrected chi connectivity index (χ3v) is 8.37. The Labute approximate surface area is 209 Å². The number of benzene rings is 1. The van der Waals surface area contributed by atoms with Crippen LogP contribution in [0.3, 0.4) is 0 Å². The minimum Gasteiger partial charge on any atom is -0.360 e. The van der Waals surface area contributed by atoms with E-state index in [1.54, 1.807) is 17.0 Å². The molecule has 0 bridgehead atoms. The van der Waals surface area contributed by atoms with E-state index < -0.39 is 5.54 Å². The number of carbonyl (C=O) groups excluding carboxylic acids is 3. The van der Waals surface area contributed by atoms with E-state index in [2.05, 4.69) is 10.5 Å². The Morgan fingerprint density at radius 2 is 1.81 bits per heavy atom. The fourth-order valence-electron chi connectivity index (χ4n) is 6.11. The summed E-state index contributed by atoms with van der Waals surface area (Å²) < 4.78 is 19.0. The van der Waals surface area contributed by atoms with Crippen molar-refractivity contribution in [1.82, 2.24) is 20.3 Å². The summed E-state index contributed by atoms with van der Waals surface area (Å²) in [6.07, 6.45) is 7.25. The quantitative estimate of drug-likeness (QED) is 0.621. The number of piperidine rings is 1. The van der Waals surface area contributed by atoms with Gasteiger partial charge >= 0.3 is 6.03 Å². The lowest BCUT2D eigenvalue weighted by atomic mass is 9.73. The molecule has 1 aromatic carbocycles. The molecule has 36 heavy (non-hydrogen) atoms. The highest BCUT2D eigenvalue weighted by molar-refractivity contribution is 6.07. The topological polar surface area (TPSA) is 95.8 Å². The van der Waals surface area contributed by atoms with Crippen molar-refractivity contribution in [3.8, 4) is 0 Å². The lowest BCUT2D eigenvalue weighted by Crippen LogP contribution is -2.58. The highest BCUT2D eigenvalue weighted by atomic mass is 19.1. The van der Waals surface area contributed by atoms with Crippen LogP contribution in [-0.4, -0.2) is 58.0 Å². The predicted molar refractivity (Wildman–Crippen MR) is 128 cm³/mol. The van der Waals surface area contributed by atoms with Crippen molar-refractivity contribution in [2.45, 2.75) is 63.3 Å². The van der Waals surface area contributed by atoms with Crippen LogP contribution >= 0.6 is 0 Å². The number of aromatic nitrogens is 1. The molecule has 8 nitrogen and oxygen atoms in total. The van der Waals surface area contributed by atoms with Gasteiger partial charge in [-0.15, -0.1) is 0 Å². The fraction of sp³-hybridized carbons (Fsp3) is 0.556. The molecule has 1 N–H and O–H groups in total. The first-order valence-electron chi connectivity index (χ1n) is 13.1. The van der Waals surface area contributed by atoms with E-state index in [0.29, 0.717) is 50.5 Å². The molecule has 2 saturated heterocycles. The minimum atomic E-state index is -1.09. The molecule has 1 unspecified atom stereocenters. The molecule has 9 heteroatoms. The summed E-state index contributed by atoms with van der Waals surface area (Å²) in [5, 5.41) is 7.16. The second kappa shape index (κ2) is 9.01. The van der Waals surface area contributed by atoms with Gasteiger partial charge in [-0.05, 0) is 74.5 Å². The van der Waals surface area contributed by atoms with Gasteiger partial charge in [-0.25, -0.2) is 9.18 Å². The van der Waals surface area contributed by atoms with E-state index in [9.17, 15) is 18.8 Å². The molecule has 4 amide bonds. The number of amides is 4. The number of nitrogens with zero attached hydrogens (tertiary/aromatic N) is 3. The van der Waals surface area contributed by atoms with Gasteiger partial charge in [0.05, 0.1) is 0 Å². The number of nitrogens with one attached hydrogen (secondary N) is 1. The Balaban J connectivity index is 1.22. The van der Waals surface area contributed by atoms with E-state index in [-0.39, 0.29) is 29.6 Å². The first-order valence-corrected chi connectivity index (χ1v) is 13.1. The normalized spacial score (nSPS) is 24.7. The highest BCUT2D eigenvalue weighted by Crippen LogP contribution is 2.39. The van der Waals surface area contributed by atoms with Crippen LogP contribution in [0.4, 0.5) is 9.18 Å². The zero-order valence-corrected chi connectivity index (χ0v) is 20.3. The summed E-state index contributed by atoms with van der Waals surface area (Å²) in [6, 6.07) is 5.76. The Morgan fingerprint density at radius 1 is 1.08 bits per heavy atom. The summed E-state index contributed by atoms with van der Waals surface area (Å²) in [5.41, 5.74) is 1.07. The molecule has 1 saturated carbocycles. The summed E-state index contributed by atoms with van der Waals surface area (Å²) >= 11 is 0. The van der Waals surface area contributed by atoms with Gasteiger partial charge in [0.25, 0.3) is 11.8 Å². The van der Waals surface area contributed by atoms with Crippen molar-refractivity contribution in [2.24, 2.45) is 11.8 Å². The molecular weight excluding hydrogens is 463 g/mol. The van der Waals surface area contributed by atoms with Crippen LogP contribution in [0.5, 0.6) is 0 Å². The number of fused-ring (bicyclic) bond motifs is 1. The maximum Gasteiger partial charge on any atom is 0.325 e. The number of halogens is 1. The second-order valence-electron chi connectivity index (χ2n) is 10.8. The van der Waals surface area contributed by atoms with E-state index >= 15 is 0 Å². The van der Waals surface area contributed by atoms with Crippen LogP contribution in [0.2, 0.25) is 0 Å². The minimum absolute atomic E-state index is 0.120. The third-order valence-electron chi connectivity index (χ3n) is 8.37. The first-order chi connectivity index (χ1) is 17.4. The van der Waals surface area contributed by atoms with Crippen LogP contribution in [0.25, 0.3) is 0 Å². The first kappa shape index (κ1) is 23.2. The third kappa shape index (κ3) is 4.08. The molecule has 2 aliphatic heterocycles. The molecule has 0 spiro atoms. The molecule has 1 aromatic heterocycles. The Bertz CT molecular complexity index is 1180. The molecule has 3 fully saturated rings. The van der Waals surface area contributed by atoms with Crippen molar-refractivity contribution in [3.63, 3.8) is 0 Å². The number of likely N-dealkylation sites (tertiary alicyclic amines) is 1. The molecule has 4 aliphatic rings. The van der Waals surface area contributed by atoms with Crippen molar-refractivity contribution >= 4 is 17.8 Å². The molecule has 3 heterocycles. The lowest BCUT2D eigenvalue weighted by molar-refractivity contribution is -0.134. The van der Waals surface area contributed by atoms with Crippen LogP contribution < -0.4 is 5.32 Å².